The Morgan fingerprint density at radius 1 is 1.57 bits per heavy atom. The van der Waals surface area contributed by atoms with E-state index in [1.807, 2.05) is 6.92 Å². The number of nitrogens with zero attached hydrogens (tertiary/aromatic N) is 3. The van der Waals surface area contributed by atoms with Gasteiger partial charge in [-0.05, 0) is 26.8 Å². The summed E-state index contributed by atoms with van der Waals surface area (Å²) in [4.78, 5) is 6.42. The Kier molecular flexibility index (Phi) is 2.67. The molecule has 1 aliphatic rings. The lowest BCUT2D eigenvalue weighted by Gasteiger charge is -2.14. The molecule has 5 nitrogen and oxygen atoms in total. The van der Waals surface area contributed by atoms with Gasteiger partial charge in [0.15, 0.2) is 5.82 Å². The third kappa shape index (κ3) is 2.45. The number of likely N-dealkylation sites (N-methyl/N-ethyl adjacent to an activating group) is 1. The van der Waals surface area contributed by atoms with Crippen LogP contribution in [-0.4, -0.2) is 41.2 Å². The van der Waals surface area contributed by atoms with Crippen LogP contribution in [0.3, 0.4) is 0 Å². The lowest BCUT2D eigenvalue weighted by Crippen LogP contribution is -2.27. The first-order valence-corrected chi connectivity index (χ1v) is 5.00. The van der Waals surface area contributed by atoms with Gasteiger partial charge in [-0.1, -0.05) is 5.16 Å². The van der Waals surface area contributed by atoms with Crippen LogP contribution in [0.2, 0.25) is 0 Å². The zero-order valence-electron chi connectivity index (χ0n) is 8.66. The number of anilines is 1. The average Bonchev–Trinajstić information content (AvgIpc) is 2.92. The summed E-state index contributed by atoms with van der Waals surface area (Å²) in [6.45, 7) is 3.69. The number of hydrogen-bond acceptors (Lipinski definition) is 5. The molecule has 1 N–H and O–H groups in total. The van der Waals surface area contributed by atoms with E-state index < -0.39 is 0 Å². The maximum absolute atomic E-state index is 4.93. The van der Waals surface area contributed by atoms with Crippen LogP contribution in [-0.2, 0) is 0 Å². The van der Waals surface area contributed by atoms with E-state index in [9.17, 15) is 0 Å². The van der Waals surface area contributed by atoms with Crippen LogP contribution in [0.4, 0.5) is 6.01 Å². The molecular weight excluding hydrogens is 180 g/mol. The molecule has 1 saturated carbocycles. The Morgan fingerprint density at radius 3 is 2.93 bits per heavy atom. The minimum atomic E-state index is 0.520. The van der Waals surface area contributed by atoms with Gasteiger partial charge < -0.3 is 14.7 Å². The lowest BCUT2D eigenvalue weighted by atomic mass is 10.5. The van der Waals surface area contributed by atoms with E-state index >= 15 is 0 Å². The molecule has 0 aliphatic heterocycles. The Bertz CT molecular complexity index is 295. The summed E-state index contributed by atoms with van der Waals surface area (Å²) < 4.78 is 4.93. The van der Waals surface area contributed by atoms with E-state index in [-0.39, 0.29) is 0 Å². The summed E-state index contributed by atoms with van der Waals surface area (Å²) in [5.41, 5.74) is 0. The second kappa shape index (κ2) is 3.96. The first kappa shape index (κ1) is 9.45. The number of hydrogen-bond donors (Lipinski definition) is 1. The van der Waals surface area contributed by atoms with Crippen molar-refractivity contribution in [3.63, 3.8) is 0 Å². The molecule has 78 valence electrons. The standard InChI is InChI=1S/C9H16N4O/c1-7-11-9(14-12-7)10-5-6-13(2)8-3-4-8/h8H,3-6H2,1-2H3,(H,10,11,12). The fourth-order valence-electron chi connectivity index (χ4n) is 1.41. The van der Waals surface area contributed by atoms with E-state index in [4.69, 9.17) is 4.52 Å². The van der Waals surface area contributed by atoms with Crippen LogP contribution >= 0.6 is 0 Å². The van der Waals surface area contributed by atoms with Crippen molar-refractivity contribution < 1.29 is 4.52 Å². The van der Waals surface area contributed by atoms with Gasteiger partial charge in [-0.15, -0.1) is 0 Å². The maximum atomic E-state index is 4.93. The number of aryl methyl sites for hydroxylation is 1. The van der Waals surface area contributed by atoms with Gasteiger partial charge in [-0.25, -0.2) is 0 Å². The van der Waals surface area contributed by atoms with Crippen molar-refractivity contribution in [2.45, 2.75) is 25.8 Å². The largest absolute Gasteiger partial charge is 0.336 e. The molecule has 0 saturated heterocycles. The first-order valence-electron chi connectivity index (χ1n) is 5.00. The maximum Gasteiger partial charge on any atom is 0.321 e. The summed E-state index contributed by atoms with van der Waals surface area (Å²) in [5, 5.41) is 6.80. The third-order valence-electron chi connectivity index (χ3n) is 2.44. The summed E-state index contributed by atoms with van der Waals surface area (Å²) >= 11 is 0. The van der Waals surface area contributed by atoms with Gasteiger partial charge in [-0.3, -0.25) is 0 Å². The smallest absolute Gasteiger partial charge is 0.321 e. The van der Waals surface area contributed by atoms with Crippen LogP contribution in [0.15, 0.2) is 4.52 Å². The third-order valence-corrected chi connectivity index (χ3v) is 2.44. The molecule has 0 spiro atoms. The molecule has 1 heterocycles. The predicted molar refractivity (Wildman–Crippen MR) is 53.2 cm³/mol. The lowest BCUT2D eigenvalue weighted by molar-refractivity contribution is 0.334. The Morgan fingerprint density at radius 2 is 2.36 bits per heavy atom. The van der Waals surface area contributed by atoms with E-state index in [2.05, 4.69) is 27.4 Å². The second-order valence-electron chi connectivity index (χ2n) is 3.79. The molecule has 1 aromatic rings. The Labute approximate surface area is 83.5 Å². The molecule has 1 aromatic heterocycles. The minimum absolute atomic E-state index is 0.520. The van der Waals surface area contributed by atoms with Gasteiger partial charge in [0.1, 0.15) is 0 Å². The van der Waals surface area contributed by atoms with Crippen LogP contribution in [0.5, 0.6) is 0 Å². The predicted octanol–water partition coefficient (Wildman–Crippen LogP) is 0.884. The molecule has 2 rings (SSSR count). The highest BCUT2D eigenvalue weighted by molar-refractivity contribution is 5.17. The van der Waals surface area contributed by atoms with Gasteiger partial charge in [0.25, 0.3) is 0 Å². The molecule has 0 aromatic carbocycles. The summed E-state index contributed by atoms with van der Waals surface area (Å²) in [7, 11) is 2.15. The molecule has 0 atom stereocenters. The van der Waals surface area contributed by atoms with Crippen LogP contribution in [0.1, 0.15) is 18.7 Å². The average molecular weight is 196 g/mol. The molecule has 0 unspecified atom stereocenters. The van der Waals surface area contributed by atoms with Crippen molar-refractivity contribution in [2.75, 3.05) is 25.5 Å². The summed E-state index contributed by atoms with van der Waals surface area (Å²) in [6.07, 6.45) is 2.69. The highest BCUT2D eigenvalue weighted by Crippen LogP contribution is 2.24. The quantitative estimate of drug-likeness (QED) is 0.757. The highest BCUT2D eigenvalue weighted by atomic mass is 16.5. The van der Waals surface area contributed by atoms with Crippen molar-refractivity contribution in [3.8, 4) is 0 Å². The van der Waals surface area contributed by atoms with Crippen molar-refractivity contribution in [2.24, 2.45) is 0 Å². The number of rotatable bonds is 5. The molecule has 1 aliphatic carbocycles. The van der Waals surface area contributed by atoms with E-state index in [1.54, 1.807) is 0 Å². The normalized spacial score (nSPS) is 16.2. The van der Waals surface area contributed by atoms with Gasteiger partial charge in [0.2, 0.25) is 0 Å². The Balaban J connectivity index is 1.67. The highest BCUT2D eigenvalue weighted by Gasteiger charge is 2.25. The van der Waals surface area contributed by atoms with Gasteiger partial charge in [0.05, 0.1) is 0 Å². The molecule has 5 heteroatoms. The molecule has 1 fully saturated rings. The first-order chi connectivity index (χ1) is 6.75. The Hall–Kier alpha value is -1.10. The monoisotopic (exact) mass is 196 g/mol. The molecular formula is C9H16N4O. The van der Waals surface area contributed by atoms with Crippen molar-refractivity contribution >= 4 is 6.01 Å². The van der Waals surface area contributed by atoms with Crippen molar-refractivity contribution in [1.82, 2.24) is 15.0 Å². The van der Waals surface area contributed by atoms with Gasteiger partial charge in [-0.2, -0.15) is 4.98 Å². The number of nitrogens with one attached hydrogen (secondary N) is 1. The van der Waals surface area contributed by atoms with Crippen molar-refractivity contribution in [3.05, 3.63) is 5.82 Å². The fraction of sp³-hybridized carbons (Fsp3) is 0.778. The molecule has 0 bridgehead atoms. The second-order valence-corrected chi connectivity index (χ2v) is 3.79. The minimum Gasteiger partial charge on any atom is -0.336 e. The fourth-order valence-corrected chi connectivity index (χ4v) is 1.41. The number of aromatic nitrogens is 2. The van der Waals surface area contributed by atoms with Gasteiger partial charge in [0, 0.05) is 19.1 Å². The van der Waals surface area contributed by atoms with Gasteiger partial charge >= 0.3 is 6.01 Å². The van der Waals surface area contributed by atoms with Crippen LogP contribution in [0.25, 0.3) is 0 Å². The van der Waals surface area contributed by atoms with E-state index in [0.717, 1.165) is 19.1 Å². The van der Waals surface area contributed by atoms with Crippen LogP contribution < -0.4 is 5.32 Å². The SMILES string of the molecule is Cc1noc(NCCN(C)C2CC2)n1. The summed E-state index contributed by atoms with van der Waals surface area (Å²) in [6, 6.07) is 1.33. The van der Waals surface area contributed by atoms with E-state index in [0.29, 0.717) is 11.8 Å². The van der Waals surface area contributed by atoms with Crippen LogP contribution in [0, 0.1) is 6.92 Å². The molecule has 14 heavy (non-hydrogen) atoms. The topological polar surface area (TPSA) is 54.2 Å². The zero-order valence-corrected chi connectivity index (χ0v) is 8.66. The summed E-state index contributed by atoms with van der Waals surface area (Å²) in [5.74, 6) is 0.669. The molecule has 0 amide bonds. The molecule has 0 radical (unpaired) electrons. The zero-order chi connectivity index (χ0) is 9.97. The van der Waals surface area contributed by atoms with E-state index in [1.165, 1.54) is 12.8 Å². The van der Waals surface area contributed by atoms with Crippen molar-refractivity contribution in [1.29, 1.82) is 0 Å².